The van der Waals surface area contributed by atoms with Crippen LogP contribution in [0.1, 0.15) is 55.8 Å². The average Bonchev–Trinajstić information content (AvgIpc) is 3.37. The highest BCUT2D eigenvalue weighted by Crippen LogP contribution is 2.30. The third-order valence-electron chi connectivity index (χ3n) is 12.3. The molecule has 0 saturated carbocycles. The molecule has 0 spiro atoms. The van der Waals surface area contributed by atoms with Crippen LogP contribution in [0.3, 0.4) is 0 Å². The summed E-state index contributed by atoms with van der Waals surface area (Å²) in [5.41, 5.74) is 0.528. The fourth-order valence-electron chi connectivity index (χ4n) is 8.60. The first kappa shape index (κ1) is 64.5. The van der Waals surface area contributed by atoms with E-state index in [0.29, 0.717) is 46.4 Å². The number of rotatable bonds is 32. The van der Waals surface area contributed by atoms with Gasteiger partial charge < -0.3 is 69.7 Å². The number of carboxylic acids is 5. The monoisotopic (exact) mass is 1130 g/mol. The highest BCUT2D eigenvalue weighted by atomic mass is 35.5. The van der Waals surface area contributed by atoms with E-state index in [4.69, 9.17) is 35.3 Å². The zero-order valence-electron chi connectivity index (χ0n) is 44.7. The lowest BCUT2D eigenvalue weighted by Gasteiger charge is -2.35. The number of benzene rings is 2. The summed E-state index contributed by atoms with van der Waals surface area (Å²) < 4.78 is 30.0. The third kappa shape index (κ3) is 23.0. The van der Waals surface area contributed by atoms with Crippen LogP contribution in [-0.2, 0) is 44.8 Å². The molecule has 4 rings (SSSR count). The predicted octanol–water partition coefficient (Wildman–Crippen LogP) is 2.23. The summed E-state index contributed by atoms with van der Waals surface area (Å²) in [4.78, 5) is 107. The Morgan fingerprint density at radius 1 is 0.696 bits per heavy atom. The van der Waals surface area contributed by atoms with Crippen LogP contribution in [0.4, 0.5) is 10.5 Å². The number of ether oxygens (including phenoxy) is 5. The largest absolute Gasteiger partial charge is 0.494 e. The molecule has 1 fully saturated rings. The number of halogens is 1. The molecule has 2 atom stereocenters. The summed E-state index contributed by atoms with van der Waals surface area (Å²) in [7, 11) is 0. The van der Waals surface area contributed by atoms with E-state index in [1.807, 2.05) is 6.92 Å². The summed E-state index contributed by atoms with van der Waals surface area (Å²) >= 11 is 6.57. The van der Waals surface area contributed by atoms with Crippen LogP contribution in [0.5, 0.6) is 17.2 Å². The lowest BCUT2D eigenvalue weighted by Crippen LogP contribution is -2.52. The van der Waals surface area contributed by atoms with E-state index < -0.39 is 65.8 Å². The van der Waals surface area contributed by atoms with Gasteiger partial charge in [0.25, 0.3) is 5.56 Å². The van der Waals surface area contributed by atoms with Gasteiger partial charge in [0.05, 0.1) is 78.3 Å². The maximum Gasteiger partial charge on any atom is 0.320 e. The lowest BCUT2D eigenvalue weighted by atomic mass is 10.0. The van der Waals surface area contributed by atoms with Crippen molar-refractivity contribution in [1.29, 1.82) is 0 Å². The minimum absolute atomic E-state index is 0.0186. The number of urea groups is 1. The van der Waals surface area contributed by atoms with Gasteiger partial charge in [0.1, 0.15) is 24.1 Å². The zero-order valence-corrected chi connectivity index (χ0v) is 45.5. The minimum Gasteiger partial charge on any atom is -0.494 e. The normalized spacial score (nSPS) is 14.9. The van der Waals surface area contributed by atoms with Crippen molar-refractivity contribution in [3.8, 4) is 17.2 Å². The second-order valence-electron chi connectivity index (χ2n) is 18.2. The Bertz CT molecular complexity index is 2540. The Hall–Kier alpha value is -7.07. The van der Waals surface area contributed by atoms with Crippen LogP contribution >= 0.6 is 11.6 Å². The Labute approximate surface area is 462 Å². The van der Waals surface area contributed by atoms with E-state index in [1.54, 1.807) is 82.1 Å². The van der Waals surface area contributed by atoms with E-state index in [0.717, 1.165) is 0 Å². The molecule has 0 radical (unpaired) electrons. The smallest absolute Gasteiger partial charge is 0.320 e. The van der Waals surface area contributed by atoms with Crippen LogP contribution in [0, 0.1) is 6.92 Å². The molecule has 1 unspecified atom stereocenters. The molecule has 27 heteroatoms. The fraction of sp³-hybridized carbons (Fsp3) is 0.538. The molecule has 0 bridgehead atoms. The van der Waals surface area contributed by atoms with Crippen molar-refractivity contribution in [2.75, 3.05) is 130 Å². The zero-order chi connectivity index (χ0) is 57.9. The van der Waals surface area contributed by atoms with Crippen molar-refractivity contribution in [2.24, 2.45) is 0 Å². The number of hydrogen-bond acceptors (Lipinski definition) is 17. The fourth-order valence-corrected chi connectivity index (χ4v) is 8.82. The Morgan fingerprint density at radius 2 is 1.27 bits per heavy atom. The molecule has 26 nitrogen and oxygen atoms in total. The van der Waals surface area contributed by atoms with Gasteiger partial charge in [-0.2, -0.15) is 0 Å². The van der Waals surface area contributed by atoms with Gasteiger partial charge in [0.2, 0.25) is 5.91 Å². The van der Waals surface area contributed by atoms with E-state index in [2.05, 4.69) is 16.0 Å². The third-order valence-corrected chi connectivity index (χ3v) is 12.7. The molecule has 1 saturated heterocycles. The molecular formula is C52H73ClN8O18. The lowest BCUT2D eigenvalue weighted by molar-refractivity contribution is -0.145. The predicted molar refractivity (Wildman–Crippen MR) is 287 cm³/mol. The number of carboxylic acid groups (broad SMARTS) is 5. The van der Waals surface area contributed by atoms with Crippen molar-refractivity contribution >= 4 is 59.1 Å². The number of amides is 3. The Balaban J connectivity index is 1.32. The van der Waals surface area contributed by atoms with Gasteiger partial charge in [0.15, 0.2) is 11.4 Å². The first-order chi connectivity index (χ1) is 37.8. The number of carbonyl (C=O) groups is 7. The summed E-state index contributed by atoms with van der Waals surface area (Å²) in [5, 5.41) is 56.8. The molecule has 0 aliphatic carbocycles. The quantitative estimate of drug-likeness (QED) is 0.0416. The molecule has 1 aliphatic heterocycles. The van der Waals surface area contributed by atoms with Crippen molar-refractivity contribution in [1.82, 2.24) is 34.8 Å². The van der Waals surface area contributed by atoms with Crippen LogP contribution < -0.4 is 35.7 Å². The van der Waals surface area contributed by atoms with Gasteiger partial charge in [-0.05, 0) is 57.0 Å². The van der Waals surface area contributed by atoms with Crippen LogP contribution in [0.15, 0.2) is 53.5 Å². The maximum absolute atomic E-state index is 14.2. The van der Waals surface area contributed by atoms with Crippen molar-refractivity contribution in [2.45, 2.75) is 58.7 Å². The number of anilines is 1. The maximum atomic E-state index is 14.2. The number of aliphatic carboxylic acids is 5. The van der Waals surface area contributed by atoms with Gasteiger partial charge >= 0.3 is 35.9 Å². The first-order valence-corrected chi connectivity index (χ1v) is 26.2. The molecule has 436 valence electrons. The van der Waals surface area contributed by atoms with Crippen molar-refractivity contribution < 1.29 is 82.8 Å². The average molecular weight is 1130 g/mol. The van der Waals surface area contributed by atoms with Crippen LogP contribution in [0.2, 0.25) is 5.02 Å². The first-order valence-electron chi connectivity index (χ1n) is 25.8. The van der Waals surface area contributed by atoms with E-state index in [9.17, 15) is 63.9 Å². The highest BCUT2D eigenvalue weighted by molar-refractivity contribution is 6.31. The SMILES string of the molecule is CCOc1cccc([C@H](CC(=O)O)NC(=O)Nc2c(OCCOCCOCCNC(=O)CCC(C(=O)O)N3CCN(CC(=O)O)CCN(CC(=O)O)CCN(CC(=O)O)CC3)c(C)cn(Cc3c(Cl)cccc3OCC)c2=O)c1. The number of nitrogens with zero attached hydrogens (tertiary/aromatic N) is 5. The number of hydrogen-bond donors (Lipinski definition) is 8. The number of carbonyl (C=O) groups excluding carboxylic acids is 2. The summed E-state index contributed by atoms with van der Waals surface area (Å²) in [5.74, 6) is -5.21. The minimum atomic E-state index is -1.22. The van der Waals surface area contributed by atoms with Gasteiger partial charge in [0, 0.05) is 87.7 Å². The molecule has 79 heavy (non-hydrogen) atoms. The number of aryl methyl sites for hydroxylation is 1. The molecule has 2 heterocycles. The van der Waals surface area contributed by atoms with E-state index in [-0.39, 0.29) is 142 Å². The summed E-state index contributed by atoms with van der Waals surface area (Å²) in [6.45, 7) is 6.24. The molecule has 3 aromatic rings. The second kappa shape index (κ2) is 34.0. The molecular weight excluding hydrogens is 1060 g/mol. The van der Waals surface area contributed by atoms with Crippen molar-refractivity contribution in [3.05, 3.63) is 80.7 Å². The van der Waals surface area contributed by atoms with Gasteiger partial charge in [-0.3, -0.25) is 53.2 Å². The summed E-state index contributed by atoms with van der Waals surface area (Å²) in [6.07, 6.45) is 0.773. The second-order valence-corrected chi connectivity index (χ2v) is 18.6. The molecule has 2 aromatic carbocycles. The molecule has 8 N–H and O–H groups in total. The Morgan fingerprint density at radius 3 is 1.84 bits per heavy atom. The van der Waals surface area contributed by atoms with Crippen molar-refractivity contribution in [3.63, 3.8) is 0 Å². The van der Waals surface area contributed by atoms with Gasteiger partial charge in [-0.25, -0.2) is 4.79 Å². The van der Waals surface area contributed by atoms with Crippen LogP contribution in [-0.4, -0.2) is 222 Å². The van der Waals surface area contributed by atoms with Gasteiger partial charge in [-0.1, -0.05) is 29.8 Å². The van der Waals surface area contributed by atoms with Gasteiger partial charge in [-0.15, -0.1) is 0 Å². The number of nitrogens with one attached hydrogen (secondary N) is 3. The number of aromatic nitrogens is 1. The van der Waals surface area contributed by atoms with Crippen LogP contribution in [0.25, 0.3) is 0 Å². The molecule has 1 aromatic heterocycles. The number of pyridine rings is 1. The Kier molecular flexibility index (Phi) is 27.8. The molecule has 1 aliphatic rings. The molecule has 3 amide bonds. The standard InChI is InChI=1S/C52H73ClN8O18/c1-4-77-37-9-6-8-36(28-37)40(29-44(63)64)55-52(74)56-48-49(35(3)30-61(50(48)71)31-38-39(53)10-7-11-42(38)78-5-2)79-27-26-76-25-24-75-23-14-54-43(62)13-12-41(51(72)73)60-21-19-58(33-46(67)68)17-15-57(32-45(65)66)16-18-59(20-22-60)34-47(69)70/h6-11,28,30,40-41H,4-5,12-27,29,31-34H2,1-3H3,(H,54,62)(H,63,64)(H,65,66)(H,67,68)(H,69,70)(H,72,73)(H2,55,56,74)/t40-,41?/m0/s1. The summed E-state index contributed by atoms with van der Waals surface area (Å²) in [6, 6.07) is 8.65. The topological polar surface area (TPSA) is 338 Å². The van der Waals surface area contributed by atoms with E-state index >= 15 is 0 Å². The van der Waals surface area contributed by atoms with E-state index in [1.165, 1.54) is 4.57 Å². The highest BCUT2D eigenvalue weighted by Gasteiger charge is 2.29.